The average molecular weight is 304 g/mol. The molecule has 0 radical (unpaired) electrons. The standard InChI is InChI=1S/C14H16N4O2S/c1-10-12(8-15-16-10)14(20)18-5-3-17(4-6-18)13(19)11-2-7-21-9-11/h2,7-9H,3-6H2,1H3,(H,15,16). The maximum Gasteiger partial charge on any atom is 0.257 e. The van der Waals surface area contributed by atoms with E-state index in [0.717, 1.165) is 11.3 Å². The van der Waals surface area contributed by atoms with Gasteiger partial charge < -0.3 is 9.80 Å². The lowest BCUT2D eigenvalue weighted by molar-refractivity contribution is 0.0535. The summed E-state index contributed by atoms with van der Waals surface area (Å²) in [7, 11) is 0. The first-order valence-electron chi connectivity index (χ1n) is 6.77. The Balaban J connectivity index is 1.62. The lowest BCUT2D eigenvalue weighted by Gasteiger charge is -2.34. The van der Waals surface area contributed by atoms with E-state index in [4.69, 9.17) is 0 Å². The Morgan fingerprint density at radius 2 is 1.86 bits per heavy atom. The van der Waals surface area contributed by atoms with Crippen LogP contribution in [0, 0.1) is 6.92 Å². The zero-order valence-electron chi connectivity index (χ0n) is 11.7. The fourth-order valence-electron chi connectivity index (χ4n) is 2.42. The van der Waals surface area contributed by atoms with Crippen molar-refractivity contribution in [1.82, 2.24) is 20.0 Å². The Morgan fingerprint density at radius 3 is 2.38 bits per heavy atom. The Hall–Kier alpha value is -2.15. The Morgan fingerprint density at radius 1 is 1.19 bits per heavy atom. The highest BCUT2D eigenvalue weighted by Gasteiger charge is 2.26. The molecule has 6 nitrogen and oxygen atoms in total. The number of aromatic nitrogens is 2. The van der Waals surface area contributed by atoms with Gasteiger partial charge in [0, 0.05) is 37.3 Å². The van der Waals surface area contributed by atoms with Gasteiger partial charge in [-0.05, 0) is 18.4 Å². The largest absolute Gasteiger partial charge is 0.335 e. The van der Waals surface area contributed by atoms with Gasteiger partial charge in [-0.25, -0.2) is 0 Å². The molecule has 2 aromatic rings. The Labute approximate surface area is 126 Å². The monoisotopic (exact) mass is 304 g/mol. The molecule has 0 saturated carbocycles. The number of piperazine rings is 1. The average Bonchev–Trinajstić information content (AvgIpc) is 3.17. The third kappa shape index (κ3) is 2.69. The molecule has 1 fully saturated rings. The fraction of sp³-hybridized carbons (Fsp3) is 0.357. The van der Waals surface area contributed by atoms with Gasteiger partial charge in [0.25, 0.3) is 11.8 Å². The molecule has 21 heavy (non-hydrogen) atoms. The number of aryl methyl sites for hydroxylation is 1. The molecule has 1 N–H and O–H groups in total. The molecular formula is C14H16N4O2S. The topological polar surface area (TPSA) is 69.3 Å². The summed E-state index contributed by atoms with van der Waals surface area (Å²) >= 11 is 1.51. The van der Waals surface area contributed by atoms with Crippen LogP contribution in [0.2, 0.25) is 0 Å². The van der Waals surface area contributed by atoms with E-state index in [0.29, 0.717) is 31.7 Å². The van der Waals surface area contributed by atoms with Gasteiger partial charge in [-0.15, -0.1) is 0 Å². The van der Waals surface area contributed by atoms with Crippen LogP contribution in [0.15, 0.2) is 23.0 Å². The van der Waals surface area contributed by atoms with Crippen molar-refractivity contribution >= 4 is 23.2 Å². The predicted molar refractivity (Wildman–Crippen MR) is 79.5 cm³/mol. The molecule has 2 amide bonds. The van der Waals surface area contributed by atoms with Crippen LogP contribution < -0.4 is 0 Å². The number of hydrogen-bond acceptors (Lipinski definition) is 4. The third-order valence-electron chi connectivity index (χ3n) is 3.68. The van der Waals surface area contributed by atoms with Crippen molar-refractivity contribution in [3.63, 3.8) is 0 Å². The van der Waals surface area contributed by atoms with Crippen molar-refractivity contribution in [3.05, 3.63) is 39.8 Å². The Bertz CT molecular complexity index is 642. The van der Waals surface area contributed by atoms with Gasteiger partial charge in [0.2, 0.25) is 0 Å². The number of nitrogens with one attached hydrogen (secondary N) is 1. The van der Waals surface area contributed by atoms with E-state index in [2.05, 4.69) is 10.2 Å². The normalized spacial score (nSPS) is 15.3. The van der Waals surface area contributed by atoms with Gasteiger partial charge in [0.15, 0.2) is 0 Å². The molecule has 1 saturated heterocycles. The molecule has 0 aliphatic carbocycles. The predicted octanol–water partition coefficient (Wildman–Crippen LogP) is 1.38. The van der Waals surface area contributed by atoms with Crippen LogP contribution >= 0.6 is 11.3 Å². The second-order valence-electron chi connectivity index (χ2n) is 5.01. The number of aromatic amines is 1. The minimum atomic E-state index is -0.0242. The van der Waals surface area contributed by atoms with Crippen molar-refractivity contribution in [3.8, 4) is 0 Å². The summed E-state index contributed by atoms with van der Waals surface area (Å²) in [6.07, 6.45) is 1.56. The minimum absolute atomic E-state index is 0.0242. The molecular weight excluding hydrogens is 288 g/mol. The highest BCUT2D eigenvalue weighted by atomic mass is 32.1. The van der Waals surface area contributed by atoms with Crippen molar-refractivity contribution in [2.75, 3.05) is 26.2 Å². The molecule has 0 spiro atoms. The van der Waals surface area contributed by atoms with Gasteiger partial charge >= 0.3 is 0 Å². The molecule has 3 heterocycles. The van der Waals surface area contributed by atoms with Gasteiger partial charge in [-0.1, -0.05) is 0 Å². The maximum absolute atomic E-state index is 12.4. The lowest BCUT2D eigenvalue weighted by atomic mass is 10.2. The first kappa shape index (κ1) is 13.8. The number of amides is 2. The van der Waals surface area contributed by atoms with Crippen molar-refractivity contribution in [2.24, 2.45) is 0 Å². The molecule has 1 aliphatic rings. The van der Waals surface area contributed by atoms with Crippen molar-refractivity contribution in [2.45, 2.75) is 6.92 Å². The second kappa shape index (κ2) is 5.69. The highest BCUT2D eigenvalue weighted by Crippen LogP contribution is 2.14. The van der Waals surface area contributed by atoms with E-state index in [-0.39, 0.29) is 11.8 Å². The summed E-state index contributed by atoms with van der Waals surface area (Å²) in [5, 5.41) is 10.4. The van der Waals surface area contributed by atoms with Gasteiger partial charge in [-0.3, -0.25) is 14.7 Å². The van der Waals surface area contributed by atoms with E-state index in [1.807, 2.05) is 23.8 Å². The van der Waals surface area contributed by atoms with Crippen LogP contribution in [0.4, 0.5) is 0 Å². The van der Waals surface area contributed by atoms with E-state index in [1.165, 1.54) is 11.3 Å². The minimum Gasteiger partial charge on any atom is -0.335 e. The van der Waals surface area contributed by atoms with Crippen molar-refractivity contribution < 1.29 is 9.59 Å². The van der Waals surface area contributed by atoms with Gasteiger partial charge in [0.1, 0.15) is 0 Å². The van der Waals surface area contributed by atoms with Crippen LogP contribution in [-0.4, -0.2) is 58.0 Å². The molecule has 0 bridgehead atoms. The summed E-state index contributed by atoms with van der Waals surface area (Å²) in [5.41, 5.74) is 2.11. The van der Waals surface area contributed by atoms with Crippen LogP contribution in [0.1, 0.15) is 26.4 Å². The maximum atomic E-state index is 12.4. The number of nitrogens with zero attached hydrogens (tertiary/aromatic N) is 3. The number of rotatable bonds is 2. The molecule has 0 atom stereocenters. The van der Waals surface area contributed by atoms with Crippen LogP contribution in [0.5, 0.6) is 0 Å². The quantitative estimate of drug-likeness (QED) is 0.911. The summed E-state index contributed by atoms with van der Waals surface area (Å²) in [6, 6.07) is 1.83. The van der Waals surface area contributed by atoms with Gasteiger partial charge in [-0.2, -0.15) is 16.4 Å². The van der Waals surface area contributed by atoms with Crippen LogP contribution in [0.25, 0.3) is 0 Å². The molecule has 110 valence electrons. The molecule has 1 aliphatic heterocycles. The summed E-state index contributed by atoms with van der Waals surface area (Å²) in [6.45, 7) is 4.07. The van der Waals surface area contributed by atoms with Crippen LogP contribution in [-0.2, 0) is 0 Å². The fourth-order valence-corrected chi connectivity index (χ4v) is 3.05. The molecule has 0 unspecified atom stereocenters. The Kier molecular flexibility index (Phi) is 3.74. The van der Waals surface area contributed by atoms with Crippen molar-refractivity contribution in [1.29, 1.82) is 0 Å². The first-order valence-corrected chi connectivity index (χ1v) is 7.72. The molecule has 3 rings (SSSR count). The highest BCUT2D eigenvalue weighted by molar-refractivity contribution is 7.08. The van der Waals surface area contributed by atoms with E-state index >= 15 is 0 Å². The van der Waals surface area contributed by atoms with Crippen LogP contribution in [0.3, 0.4) is 0 Å². The zero-order chi connectivity index (χ0) is 14.8. The first-order chi connectivity index (χ1) is 10.2. The second-order valence-corrected chi connectivity index (χ2v) is 5.79. The molecule has 7 heteroatoms. The smallest absolute Gasteiger partial charge is 0.257 e. The third-order valence-corrected chi connectivity index (χ3v) is 4.37. The summed E-state index contributed by atoms with van der Waals surface area (Å²) < 4.78 is 0. The van der Waals surface area contributed by atoms with E-state index in [9.17, 15) is 9.59 Å². The molecule has 0 aromatic carbocycles. The summed E-state index contributed by atoms with van der Waals surface area (Å²) in [5.74, 6) is 0.0201. The zero-order valence-corrected chi connectivity index (χ0v) is 12.5. The SMILES string of the molecule is Cc1[nH]ncc1C(=O)N1CCN(C(=O)c2ccsc2)CC1. The van der Waals surface area contributed by atoms with E-state index in [1.54, 1.807) is 16.0 Å². The number of H-pyrrole nitrogens is 1. The number of carbonyl (C=O) groups is 2. The summed E-state index contributed by atoms with van der Waals surface area (Å²) in [4.78, 5) is 28.2. The molecule has 2 aromatic heterocycles. The lowest BCUT2D eigenvalue weighted by Crippen LogP contribution is -2.50. The van der Waals surface area contributed by atoms with Gasteiger partial charge in [0.05, 0.1) is 17.3 Å². The number of thiophene rings is 1. The number of carbonyl (C=O) groups excluding carboxylic acids is 2. The number of hydrogen-bond donors (Lipinski definition) is 1. The van der Waals surface area contributed by atoms with E-state index < -0.39 is 0 Å².